The van der Waals surface area contributed by atoms with E-state index in [4.69, 9.17) is 4.74 Å². The summed E-state index contributed by atoms with van der Waals surface area (Å²) in [5, 5.41) is 5.60. The van der Waals surface area contributed by atoms with Crippen LogP contribution in [0.4, 0.5) is 10.7 Å². The molecule has 0 unspecified atom stereocenters. The van der Waals surface area contributed by atoms with Crippen molar-refractivity contribution >= 4 is 23.0 Å². The van der Waals surface area contributed by atoms with Crippen molar-refractivity contribution in [1.29, 1.82) is 0 Å². The van der Waals surface area contributed by atoms with Crippen LogP contribution in [0.25, 0.3) is 22.2 Å². The van der Waals surface area contributed by atoms with Crippen LogP contribution in [0.1, 0.15) is 6.92 Å². The number of nitrogens with zero attached hydrogens (tertiary/aromatic N) is 2. The molecule has 1 saturated heterocycles. The number of rotatable bonds is 4. The minimum atomic E-state index is -0.276. The molecule has 0 saturated carbocycles. The number of nitrogens with one attached hydrogen (secondary N) is 3. The fourth-order valence-electron chi connectivity index (χ4n) is 2.79. The highest BCUT2D eigenvalue weighted by Crippen LogP contribution is 2.25. The summed E-state index contributed by atoms with van der Waals surface area (Å²) in [5.41, 5.74) is 3.84. The fraction of sp³-hybridized carbons (Fsp3) is 0.278. The lowest BCUT2D eigenvalue weighted by Gasteiger charge is -2.37. The molecule has 7 heteroatoms. The van der Waals surface area contributed by atoms with Crippen molar-refractivity contribution in [2.75, 3.05) is 25.1 Å². The molecule has 4 rings (SSSR count). The van der Waals surface area contributed by atoms with E-state index < -0.39 is 0 Å². The Morgan fingerprint density at radius 3 is 2.76 bits per heavy atom. The minimum Gasteiger partial charge on any atom is -0.380 e. The van der Waals surface area contributed by atoms with E-state index in [1.54, 1.807) is 12.4 Å². The van der Waals surface area contributed by atoms with Crippen LogP contribution < -0.4 is 10.6 Å². The Morgan fingerprint density at radius 1 is 1.24 bits per heavy atom. The molecule has 3 heterocycles. The molecule has 25 heavy (non-hydrogen) atoms. The molecule has 0 atom stereocenters. The second-order valence-electron chi connectivity index (χ2n) is 6.66. The molecule has 128 valence electrons. The summed E-state index contributed by atoms with van der Waals surface area (Å²) in [6, 6.07) is 9.57. The van der Waals surface area contributed by atoms with E-state index in [9.17, 15) is 4.79 Å². The van der Waals surface area contributed by atoms with Gasteiger partial charge in [0, 0.05) is 24.4 Å². The smallest absolute Gasteiger partial charge is 0.321 e. The van der Waals surface area contributed by atoms with Gasteiger partial charge in [-0.3, -0.25) is 10.3 Å². The number of pyridine rings is 1. The lowest BCUT2D eigenvalue weighted by molar-refractivity contribution is -0.0974. The van der Waals surface area contributed by atoms with E-state index >= 15 is 0 Å². The molecule has 0 bridgehead atoms. The predicted molar refractivity (Wildman–Crippen MR) is 95.3 cm³/mol. The summed E-state index contributed by atoms with van der Waals surface area (Å²) in [6.45, 7) is 4.01. The van der Waals surface area contributed by atoms with Gasteiger partial charge < -0.3 is 15.0 Å². The largest absolute Gasteiger partial charge is 0.380 e. The maximum atomic E-state index is 12.0. The highest BCUT2D eigenvalue weighted by molar-refractivity contribution is 5.90. The predicted octanol–water partition coefficient (Wildman–Crippen LogP) is 2.78. The van der Waals surface area contributed by atoms with Crippen molar-refractivity contribution in [3.8, 4) is 11.1 Å². The number of aromatic amines is 1. The molecule has 0 spiro atoms. The number of urea groups is 1. The Morgan fingerprint density at radius 2 is 2.04 bits per heavy atom. The fourth-order valence-corrected chi connectivity index (χ4v) is 2.79. The SMILES string of the molecule is CC1(CNC(=O)Nc2nc3ccc(-c4ccncc4)cc3[nH]2)COC1. The Balaban J connectivity index is 1.46. The van der Waals surface area contributed by atoms with Gasteiger partial charge in [0.15, 0.2) is 0 Å². The Labute approximate surface area is 144 Å². The number of H-pyrrole nitrogens is 1. The molecule has 1 aromatic carbocycles. The van der Waals surface area contributed by atoms with Crippen molar-refractivity contribution in [2.24, 2.45) is 5.41 Å². The van der Waals surface area contributed by atoms with E-state index in [0.29, 0.717) is 25.7 Å². The van der Waals surface area contributed by atoms with Crippen molar-refractivity contribution in [1.82, 2.24) is 20.3 Å². The number of benzene rings is 1. The third-order valence-corrected chi connectivity index (χ3v) is 4.30. The van der Waals surface area contributed by atoms with Gasteiger partial charge in [-0.25, -0.2) is 9.78 Å². The standard InChI is InChI=1S/C18H19N5O2/c1-18(10-25-11-18)9-20-17(24)23-16-21-14-3-2-13(8-15(14)22-16)12-4-6-19-7-5-12/h2-8H,9-11H2,1H3,(H3,20,21,22,23,24). The lowest BCUT2D eigenvalue weighted by atomic mass is 9.89. The second-order valence-corrected chi connectivity index (χ2v) is 6.66. The maximum absolute atomic E-state index is 12.0. The first-order chi connectivity index (χ1) is 12.1. The first-order valence-corrected chi connectivity index (χ1v) is 8.14. The summed E-state index contributed by atoms with van der Waals surface area (Å²) in [4.78, 5) is 23.6. The van der Waals surface area contributed by atoms with Gasteiger partial charge in [-0.2, -0.15) is 0 Å². The number of amides is 2. The average Bonchev–Trinajstić information content (AvgIpc) is 3.00. The van der Waals surface area contributed by atoms with Crippen molar-refractivity contribution in [3.63, 3.8) is 0 Å². The zero-order valence-electron chi connectivity index (χ0n) is 13.9. The van der Waals surface area contributed by atoms with Crippen LogP contribution in [0.3, 0.4) is 0 Å². The molecular formula is C18H19N5O2. The van der Waals surface area contributed by atoms with Crippen molar-refractivity contribution < 1.29 is 9.53 Å². The topological polar surface area (TPSA) is 91.9 Å². The number of carbonyl (C=O) groups is 1. The molecule has 0 aliphatic carbocycles. The van der Waals surface area contributed by atoms with Crippen LogP contribution in [-0.4, -0.2) is 40.7 Å². The van der Waals surface area contributed by atoms with Gasteiger partial charge in [-0.15, -0.1) is 0 Å². The molecule has 7 nitrogen and oxygen atoms in total. The number of aromatic nitrogens is 3. The van der Waals surface area contributed by atoms with Gasteiger partial charge >= 0.3 is 6.03 Å². The molecule has 3 N–H and O–H groups in total. The Kier molecular flexibility index (Phi) is 3.85. The monoisotopic (exact) mass is 337 g/mol. The Bertz CT molecular complexity index is 902. The molecule has 0 radical (unpaired) electrons. The number of hydrogen-bond acceptors (Lipinski definition) is 4. The van der Waals surface area contributed by atoms with E-state index in [2.05, 4.69) is 32.5 Å². The normalized spacial score (nSPS) is 15.6. The van der Waals surface area contributed by atoms with Crippen LogP contribution in [0.15, 0.2) is 42.7 Å². The summed E-state index contributed by atoms with van der Waals surface area (Å²) in [7, 11) is 0. The molecule has 1 fully saturated rings. The first kappa shape index (κ1) is 15.6. The van der Waals surface area contributed by atoms with E-state index in [-0.39, 0.29) is 11.4 Å². The van der Waals surface area contributed by atoms with E-state index in [1.165, 1.54) is 0 Å². The molecule has 2 amide bonds. The van der Waals surface area contributed by atoms with Gasteiger partial charge in [0.2, 0.25) is 5.95 Å². The lowest BCUT2D eigenvalue weighted by Crippen LogP contribution is -2.49. The van der Waals surface area contributed by atoms with E-state index in [1.807, 2.05) is 30.3 Å². The number of fused-ring (bicyclic) bond motifs is 1. The van der Waals surface area contributed by atoms with Crippen LogP contribution >= 0.6 is 0 Å². The third-order valence-electron chi connectivity index (χ3n) is 4.30. The summed E-state index contributed by atoms with van der Waals surface area (Å²) in [6.07, 6.45) is 3.52. The van der Waals surface area contributed by atoms with Crippen molar-refractivity contribution in [3.05, 3.63) is 42.7 Å². The van der Waals surface area contributed by atoms with Crippen molar-refractivity contribution in [2.45, 2.75) is 6.92 Å². The summed E-state index contributed by atoms with van der Waals surface area (Å²) < 4.78 is 5.18. The maximum Gasteiger partial charge on any atom is 0.321 e. The highest BCUT2D eigenvalue weighted by atomic mass is 16.5. The minimum absolute atomic E-state index is 0.0324. The molecule has 1 aliphatic rings. The zero-order chi connectivity index (χ0) is 17.3. The number of imidazole rings is 1. The number of anilines is 1. The van der Waals surface area contributed by atoms with Crippen LogP contribution in [0.5, 0.6) is 0 Å². The quantitative estimate of drug-likeness (QED) is 0.682. The van der Waals surface area contributed by atoms with E-state index in [0.717, 1.165) is 22.2 Å². The zero-order valence-corrected chi connectivity index (χ0v) is 13.9. The molecule has 2 aromatic heterocycles. The van der Waals surface area contributed by atoms with Crippen LogP contribution in [0, 0.1) is 5.41 Å². The molecule has 3 aromatic rings. The second kappa shape index (κ2) is 6.18. The highest BCUT2D eigenvalue weighted by Gasteiger charge is 2.33. The van der Waals surface area contributed by atoms with Crippen LogP contribution in [-0.2, 0) is 4.74 Å². The van der Waals surface area contributed by atoms with Gasteiger partial charge in [0.05, 0.1) is 24.2 Å². The third kappa shape index (κ3) is 3.32. The number of carbonyl (C=O) groups excluding carboxylic acids is 1. The summed E-state index contributed by atoms with van der Waals surface area (Å²) >= 11 is 0. The van der Waals surface area contributed by atoms with Gasteiger partial charge in [0.25, 0.3) is 0 Å². The number of hydrogen-bond donors (Lipinski definition) is 3. The Hall–Kier alpha value is -2.93. The van der Waals surface area contributed by atoms with Crippen LogP contribution in [0.2, 0.25) is 0 Å². The van der Waals surface area contributed by atoms with Gasteiger partial charge in [0.1, 0.15) is 0 Å². The van der Waals surface area contributed by atoms with Gasteiger partial charge in [-0.1, -0.05) is 13.0 Å². The number of ether oxygens (including phenoxy) is 1. The molecule has 1 aliphatic heterocycles. The first-order valence-electron chi connectivity index (χ1n) is 8.14. The average molecular weight is 337 g/mol. The molecular weight excluding hydrogens is 318 g/mol. The summed E-state index contributed by atoms with van der Waals surface area (Å²) in [5.74, 6) is 0.425. The van der Waals surface area contributed by atoms with Gasteiger partial charge in [-0.05, 0) is 35.4 Å².